The molecule has 0 fully saturated rings. The lowest BCUT2D eigenvalue weighted by molar-refractivity contribution is -0.221. The lowest BCUT2D eigenvalue weighted by Crippen LogP contribution is -2.35. The van der Waals surface area contributed by atoms with Gasteiger partial charge in [-0.25, -0.2) is 0 Å². The summed E-state index contributed by atoms with van der Waals surface area (Å²) in [6.07, 6.45) is 0. The van der Waals surface area contributed by atoms with E-state index >= 15 is 0 Å². The fraction of sp³-hybridized carbons (Fsp3) is 0. The fourth-order valence-electron chi connectivity index (χ4n) is 0.129. The Morgan fingerprint density at radius 3 is 2.20 bits per heavy atom. The predicted octanol–water partition coefficient (Wildman–Crippen LogP) is -1.69. The van der Waals surface area contributed by atoms with Crippen LogP contribution in [0.3, 0.4) is 0 Å². The molecule has 0 bridgehead atoms. The molecule has 0 saturated carbocycles. The van der Waals surface area contributed by atoms with E-state index in [0.29, 0.717) is 0 Å². The third-order valence-corrected chi connectivity index (χ3v) is 0.700. The van der Waals surface area contributed by atoms with Gasteiger partial charge in [0.15, 0.2) is 0 Å². The van der Waals surface area contributed by atoms with Crippen molar-refractivity contribution in [2.75, 3.05) is 0 Å². The Labute approximate surface area is 56.2 Å². The first-order valence-electron chi connectivity index (χ1n) is 1.83. The summed E-state index contributed by atoms with van der Waals surface area (Å²) in [7, 11) is -4.81. The van der Waals surface area contributed by atoms with E-state index in [4.69, 9.17) is 15.2 Å². The number of nitrogens with zero attached hydrogens (tertiary/aromatic N) is 1. The number of nitrogens with two attached hydrogens (primary N) is 1. The van der Waals surface area contributed by atoms with Gasteiger partial charge in [0.2, 0.25) is 5.96 Å². The topological polar surface area (TPSA) is 137 Å². The third-order valence-electron chi connectivity index (χ3n) is 0.371. The summed E-state index contributed by atoms with van der Waals surface area (Å²) in [5, 5.41) is 13.9. The van der Waals surface area contributed by atoms with Gasteiger partial charge in [-0.15, -0.1) is 0 Å². The quantitative estimate of drug-likeness (QED) is 0.168. The molecule has 60 valence electrons. The van der Waals surface area contributed by atoms with Crippen LogP contribution in [0.15, 0.2) is 0 Å². The van der Waals surface area contributed by atoms with Crippen molar-refractivity contribution < 1.29 is 22.5 Å². The molecule has 0 rings (SSSR count). The highest BCUT2D eigenvalue weighted by atomic mass is 32.3. The summed E-state index contributed by atoms with van der Waals surface area (Å²) in [4.78, 5) is 0. The van der Waals surface area contributed by atoms with Gasteiger partial charge in [-0.3, -0.25) is 15.2 Å². The van der Waals surface area contributed by atoms with Gasteiger partial charge >= 0.3 is 10.4 Å². The minimum atomic E-state index is -4.81. The SMILES string of the molecule is N=C(N)N(O)OS(=O)(=O)O. The van der Waals surface area contributed by atoms with E-state index in [1.807, 2.05) is 0 Å². The molecule has 0 aliphatic carbocycles. The zero-order chi connectivity index (χ0) is 8.36. The molecule has 0 saturated heterocycles. The van der Waals surface area contributed by atoms with Gasteiger partial charge in [-0.05, 0) is 0 Å². The minimum Gasteiger partial charge on any atom is -0.366 e. The molecule has 10 heavy (non-hydrogen) atoms. The lowest BCUT2D eigenvalue weighted by atomic mass is 11.1. The van der Waals surface area contributed by atoms with Crippen molar-refractivity contribution >= 4 is 16.4 Å². The Morgan fingerprint density at radius 1 is 1.70 bits per heavy atom. The van der Waals surface area contributed by atoms with Gasteiger partial charge in [0, 0.05) is 0 Å². The molecule has 9 heteroatoms. The van der Waals surface area contributed by atoms with Crippen LogP contribution in [0, 0.1) is 5.41 Å². The maximum atomic E-state index is 9.73. The highest BCUT2D eigenvalue weighted by Gasteiger charge is 2.12. The second kappa shape index (κ2) is 2.79. The average molecular weight is 171 g/mol. The smallest absolute Gasteiger partial charge is 0.366 e. The largest absolute Gasteiger partial charge is 0.420 e. The van der Waals surface area contributed by atoms with Crippen molar-refractivity contribution in [3.63, 3.8) is 0 Å². The zero-order valence-corrected chi connectivity index (χ0v) is 5.37. The van der Waals surface area contributed by atoms with Crippen LogP contribution in [0.2, 0.25) is 0 Å². The van der Waals surface area contributed by atoms with Crippen molar-refractivity contribution in [2.24, 2.45) is 5.73 Å². The van der Waals surface area contributed by atoms with E-state index in [9.17, 15) is 8.42 Å². The molecule has 0 aromatic heterocycles. The summed E-state index contributed by atoms with van der Waals surface area (Å²) in [6, 6.07) is 0. The summed E-state index contributed by atoms with van der Waals surface area (Å²) in [6.45, 7) is 0. The summed E-state index contributed by atoms with van der Waals surface area (Å²) in [5.41, 5.74) is 4.50. The van der Waals surface area contributed by atoms with Crippen LogP contribution >= 0.6 is 0 Å². The van der Waals surface area contributed by atoms with Crippen LogP contribution in [0.4, 0.5) is 0 Å². The molecular formula is CH5N3O5S. The van der Waals surface area contributed by atoms with Gasteiger partial charge in [-0.2, -0.15) is 8.42 Å². The normalized spacial score (nSPS) is 11.0. The Hall–Kier alpha value is -0.900. The van der Waals surface area contributed by atoms with Gasteiger partial charge in [0.25, 0.3) is 0 Å². The van der Waals surface area contributed by atoms with Gasteiger partial charge in [0.05, 0.1) is 0 Å². The Bertz CT molecular complexity index is 219. The molecule has 0 radical (unpaired) electrons. The standard InChI is InChI=1S/CH5N3O5S/c2-1(3)4(5)9-10(6,7)8/h5H,(H3,2,3)(H,6,7,8). The van der Waals surface area contributed by atoms with E-state index in [1.165, 1.54) is 0 Å². The van der Waals surface area contributed by atoms with Crippen LogP contribution in [-0.4, -0.2) is 29.4 Å². The van der Waals surface area contributed by atoms with Crippen molar-refractivity contribution in [3.8, 4) is 0 Å². The van der Waals surface area contributed by atoms with Gasteiger partial charge in [0.1, 0.15) is 0 Å². The van der Waals surface area contributed by atoms with E-state index in [0.717, 1.165) is 0 Å². The van der Waals surface area contributed by atoms with E-state index in [1.54, 1.807) is 0 Å². The van der Waals surface area contributed by atoms with E-state index in [-0.39, 0.29) is 0 Å². The number of nitrogens with one attached hydrogen (secondary N) is 1. The highest BCUT2D eigenvalue weighted by Crippen LogP contribution is 1.89. The molecule has 0 amide bonds. The number of hydroxylamine groups is 2. The number of hydrogen-bond donors (Lipinski definition) is 4. The zero-order valence-electron chi connectivity index (χ0n) is 4.55. The third kappa shape index (κ3) is 4.03. The molecule has 0 aromatic rings. The number of rotatable bonds is 2. The van der Waals surface area contributed by atoms with Gasteiger partial charge in [-0.1, -0.05) is 9.51 Å². The van der Waals surface area contributed by atoms with Crippen molar-refractivity contribution in [1.29, 1.82) is 5.41 Å². The average Bonchev–Trinajstić information content (AvgIpc) is 1.60. The molecule has 0 heterocycles. The van der Waals surface area contributed by atoms with E-state index < -0.39 is 21.6 Å². The van der Waals surface area contributed by atoms with Crippen LogP contribution in [0.25, 0.3) is 0 Å². The second-order valence-corrected chi connectivity index (χ2v) is 2.16. The second-order valence-electron chi connectivity index (χ2n) is 1.16. The molecular weight excluding hydrogens is 166 g/mol. The van der Waals surface area contributed by atoms with Crippen LogP contribution in [0.5, 0.6) is 0 Å². The molecule has 5 N–H and O–H groups in total. The Kier molecular flexibility index (Phi) is 2.54. The number of hydrogen-bond acceptors (Lipinski definition) is 5. The Morgan fingerprint density at radius 2 is 2.10 bits per heavy atom. The summed E-state index contributed by atoms with van der Waals surface area (Å²) in [5.74, 6) is -1.07. The molecule has 0 aromatic carbocycles. The molecule has 0 atom stereocenters. The first-order valence-corrected chi connectivity index (χ1v) is 3.19. The molecule has 0 unspecified atom stereocenters. The maximum absolute atomic E-state index is 9.73. The monoisotopic (exact) mass is 171 g/mol. The first kappa shape index (κ1) is 9.10. The van der Waals surface area contributed by atoms with Crippen molar-refractivity contribution in [2.45, 2.75) is 0 Å². The van der Waals surface area contributed by atoms with Crippen LogP contribution in [-0.2, 0) is 14.7 Å². The maximum Gasteiger partial charge on any atom is 0.420 e. The van der Waals surface area contributed by atoms with Crippen molar-refractivity contribution in [3.05, 3.63) is 0 Å². The molecule has 0 aliphatic rings. The summed E-state index contributed by atoms with van der Waals surface area (Å²) >= 11 is 0. The Balaban J connectivity index is 4.06. The summed E-state index contributed by atoms with van der Waals surface area (Å²) < 4.78 is 30.6. The minimum absolute atomic E-state index is 0.602. The first-order chi connectivity index (χ1) is 4.33. The van der Waals surface area contributed by atoms with E-state index in [2.05, 4.69) is 10.0 Å². The molecule has 0 spiro atoms. The highest BCUT2D eigenvalue weighted by molar-refractivity contribution is 7.80. The molecule has 8 nitrogen and oxygen atoms in total. The van der Waals surface area contributed by atoms with Crippen molar-refractivity contribution in [1.82, 2.24) is 5.23 Å². The van der Waals surface area contributed by atoms with Crippen LogP contribution in [0.1, 0.15) is 0 Å². The number of guanidine groups is 1. The predicted molar refractivity (Wildman–Crippen MR) is 28.2 cm³/mol. The van der Waals surface area contributed by atoms with Gasteiger partial charge < -0.3 is 5.73 Å². The lowest BCUT2D eigenvalue weighted by Gasteiger charge is -2.08. The molecule has 0 aliphatic heterocycles. The van der Waals surface area contributed by atoms with Crippen LogP contribution < -0.4 is 5.73 Å². The fourth-order valence-corrected chi connectivity index (χ4v) is 0.388.